The second-order valence-electron chi connectivity index (χ2n) is 8.33. The molecule has 2 bridgehead atoms. The molecule has 1 aromatic heterocycles. The zero-order valence-electron chi connectivity index (χ0n) is 16.6. The molecule has 4 heteroatoms. The van der Waals surface area contributed by atoms with E-state index < -0.39 is 5.60 Å². The van der Waals surface area contributed by atoms with Crippen molar-refractivity contribution in [1.82, 2.24) is 9.88 Å². The number of pyridine rings is 1. The van der Waals surface area contributed by atoms with E-state index in [9.17, 15) is 5.11 Å². The summed E-state index contributed by atoms with van der Waals surface area (Å²) in [5.41, 5.74) is 4.08. The highest BCUT2D eigenvalue weighted by molar-refractivity contribution is 5.41. The average Bonchev–Trinajstić information content (AvgIpc) is 2.66. The van der Waals surface area contributed by atoms with Crippen molar-refractivity contribution in [3.8, 4) is 5.75 Å². The topological polar surface area (TPSA) is 45.6 Å². The number of hydrogen-bond acceptors (Lipinski definition) is 4. The van der Waals surface area contributed by atoms with Gasteiger partial charge in [0, 0.05) is 49.4 Å². The molecule has 4 rings (SSSR count). The smallest absolute Gasteiger partial charge is 0.122 e. The average molecular weight is 367 g/mol. The van der Waals surface area contributed by atoms with Crippen LogP contribution in [0.5, 0.6) is 5.75 Å². The van der Waals surface area contributed by atoms with E-state index in [4.69, 9.17) is 4.74 Å². The Bertz CT molecular complexity index is 792. The SMILES string of the molecule is COc1cc(C)c(CN2C[C@@H]3CCC[C@@H](C2)C3(O)c2cccnc2)cc1C. The summed E-state index contributed by atoms with van der Waals surface area (Å²) in [6.45, 7) is 7.08. The highest BCUT2D eigenvalue weighted by Gasteiger charge is 2.51. The zero-order chi connectivity index (χ0) is 19.0. The first-order valence-corrected chi connectivity index (χ1v) is 10.0. The number of nitrogens with zero attached hydrogens (tertiary/aromatic N) is 2. The molecular weight excluding hydrogens is 336 g/mol. The Morgan fingerprint density at radius 1 is 1.19 bits per heavy atom. The summed E-state index contributed by atoms with van der Waals surface area (Å²) < 4.78 is 5.46. The van der Waals surface area contributed by atoms with Gasteiger partial charge in [0.25, 0.3) is 0 Å². The van der Waals surface area contributed by atoms with Gasteiger partial charge < -0.3 is 9.84 Å². The minimum Gasteiger partial charge on any atom is -0.496 e. The van der Waals surface area contributed by atoms with Crippen LogP contribution in [0.4, 0.5) is 0 Å². The van der Waals surface area contributed by atoms with E-state index >= 15 is 0 Å². The Kier molecular flexibility index (Phi) is 4.95. The van der Waals surface area contributed by atoms with Crippen LogP contribution < -0.4 is 4.74 Å². The first-order valence-electron chi connectivity index (χ1n) is 10.0. The van der Waals surface area contributed by atoms with E-state index in [-0.39, 0.29) is 11.8 Å². The third kappa shape index (κ3) is 3.26. The van der Waals surface area contributed by atoms with E-state index in [1.54, 1.807) is 13.3 Å². The first kappa shape index (κ1) is 18.5. The summed E-state index contributed by atoms with van der Waals surface area (Å²) in [6.07, 6.45) is 7.02. The fraction of sp³-hybridized carbons (Fsp3) is 0.522. The van der Waals surface area contributed by atoms with Crippen LogP contribution >= 0.6 is 0 Å². The van der Waals surface area contributed by atoms with Gasteiger partial charge in [0.1, 0.15) is 5.75 Å². The van der Waals surface area contributed by atoms with Crippen molar-refractivity contribution >= 4 is 0 Å². The monoisotopic (exact) mass is 366 g/mol. The van der Waals surface area contributed by atoms with Crippen LogP contribution in [0.2, 0.25) is 0 Å². The van der Waals surface area contributed by atoms with E-state index in [0.717, 1.165) is 43.8 Å². The lowest BCUT2D eigenvalue weighted by molar-refractivity contribution is -0.148. The van der Waals surface area contributed by atoms with Gasteiger partial charge in [-0.25, -0.2) is 0 Å². The lowest BCUT2D eigenvalue weighted by Crippen LogP contribution is -2.57. The van der Waals surface area contributed by atoms with Gasteiger partial charge in [-0.15, -0.1) is 0 Å². The number of hydrogen-bond donors (Lipinski definition) is 1. The molecule has 27 heavy (non-hydrogen) atoms. The van der Waals surface area contributed by atoms with Crippen molar-refractivity contribution in [2.45, 2.75) is 45.3 Å². The molecule has 1 N–H and O–H groups in total. The second kappa shape index (κ2) is 7.25. The maximum absolute atomic E-state index is 11.7. The summed E-state index contributed by atoms with van der Waals surface area (Å²) in [6, 6.07) is 8.39. The van der Waals surface area contributed by atoms with Crippen LogP contribution in [-0.4, -0.2) is 35.2 Å². The minimum atomic E-state index is -0.728. The molecule has 0 amide bonds. The number of piperidine rings is 1. The molecule has 1 saturated carbocycles. The van der Waals surface area contributed by atoms with Gasteiger partial charge in [-0.05, 0) is 55.5 Å². The van der Waals surface area contributed by atoms with E-state index in [0.29, 0.717) is 0 Å². The van der Waals surface area contributed by atoms with Crippen molar-refractivity contribution in [3.63, 3.8) is 0 Å². The van der Waals surface area contributed by atoms with Crippen LogP contribution in [0.3, 0.4) is 0 Å². The zero-order valence-corrected chi connectivity index (χ0v) is 16.6. The highest BCUT2D eigenvalue weighted by Crippen LogP contribution is 2.49. The quantitative estimate of drug-likeness (QED) is 0.893. The Labute approximate surface area is 162 Å². The van der Waals surface area contributed by atoms with Crippen molar-refractivity contribution in [2.24, 2.45) is 11.8 Å². The molecule has 2 aromatic rings. The third-order valence-corrected chi connectivity index (χ3v) is 6.68. The molecule has 2 aliphatic rings. The predicted octanol–water partition coefficient (Wildman–Crippen LogP) is 3.83. The van der Waals surface area contributed by atoms with E-state index in [2.05, 4.69) is 35.9 Å². The van der Waals surface area contributed by atoms with Gasteiger partial charge >= 0.3 is 0 Å². The van der Waals surface area contributed by atoms with Crippen molar-refractivity contribution in [3.05, 3.63) is 58.9 Å². The van der Waals surface area contributed by atoms with Gasteiger partial charge in [-0.3, -0.25) is 9.88 Å². The molecule has 2 atom stereocenters. The molecular formula is C23H30N2O2. The van der Waals surface area contributed by atoms with Gasteiger partial charge in [-0.1, -0.05) is 18.6 Å². The number of ether oxygens (including phenoxy) is 1. The third-order valence-electron chi connectivity index (χ3n) is 6.68. The molecule has 1 aliphatic heterocycles. The number of benzene rings is 1. The highest BCUT2D eigenvalue weighted by atomic mass is 16.5. The standard InChI is InChI=1S/C23H30N2O2/c1-16-11-22(27-3)17(2)10-18(16)13-25-14-20-6-4-7-21(15-25)23(20,26)19-8-5-9-24-12-19/h5,8-12,20-21,26H,4,6-7,13-15H2,1-3H3/t20-,21-/m0/s1. The molecule has 2 fully saturated rings. The summed E-state index contributed by atoms with van der Waals surface area (Å²) in [4.78, 5) is 6.81. The molecule has 0 unspecified atom stereocenters. The number of rotatable bonds is 4. The molecule has 0 spiro atoms. The van der Waals surface area contributed by atoms with Crippen LogP contribution in [0.25, 0.3) is 0 Å². The van der Waals surface area contributed by atoms with Gasteiger partial charge in [-0.2, -0.15) is 0 Å². The summed E-state index contributed by atoms with van der Waals surface area (Å²) in [5.74, 6) is 1.50. The number of methoxy groups -OCH3 is 1. The molecule has 1 aromatic carbocycles. The lowest BCUT2D eigenvalue weighted by Gasteiger charge is -2.53. The normalized spacial score (nSPS) is 28.1. The number of aliphatic hydroxyl groups is 1. The maximum Gasteiger partial charge on any atom is 0.122 e. The van der Waals surface area contributed by atoms with E-state index in [1.165, 1.54) is 23.1 Å². The number of aryl methyl sites for hydroxylation is 2. The molecule has 144 valence electrons. The fourth-order valence-electron chi connectivity index (χ4n) is 5.22. The Morgan fingerprint density at radius 2 is 1.93 bits per heavy atom. The van der Waals surface area contributed by atoms with Crippen LogP contribution in [0.1, 0.15) is 41.5 Å². The minimum absolute atomic E-state index is 0.272. The van der Waals surface area contributed by atoms with Crippen LogP contribution in [0, 0.1) is 25.7 Å². The molecule has 0 radical (unpaired) electrons. The summed E-state index contributed by atoms with van der Waals surface area (Å²) >= 11 is 0. The molecule has 4 nitrogen and oxygen atoms in total. The Balaban J connectivity index is 1.57. The van der Waals surface area contributed by atoms with Gasteiger partial charge in [0.2, 0.25) is 0 Å². The van der Waals surface area contributed by atoms with E-state index in [1.807, 2.05) is 18.3 Å². The van der Waals surface area contributed by atoms with Crippen LogP contribution in [-0.2, 0) is 12.1 Å². The predicted molar refractivity (Wildman–Crippen MR) is 107 cm³/mol. The van der Waals surface area contributed by atoms with Crippen molar-refractivity contribution in [1.29, 1.82) is 0 Å². The number of likely N-dealkylation sites (tertiary alicyclic amines) is 1. The van der Waals surface area contributed by atoms with Crippen LogP contribution in [0.15, 0.2) is 36.7 Å². The lowest BCUT2D eigenvalue weighted by atomic mass is 9.63. The van der Waals surface area contributed by atoms with Crippen molar-refractivity contribution in [2.75, 3.05) is 20.2 Å². The Morgan fingerprint density at radius 3 is 2.56 bits per heavy atom. The summed E-state index contributed by atoms with van der Waals surface area (Å²) in [5, 5.41) is 11.7. The largest absolute Gasteiger partial charge is 0.496 e. The van der Waals surface area contributed by atoms with Gasteiger partial charge in [0.05, 0.1) is 12.7 Å². The molecule has 2 heterocycles. The summed E-state index contributed by atoms with van der Waals surface area (Å²) in [7, 11) is 1.73. The first-order chi connectivity index (χ1) is 13.0. The van der Waals surface area contributed by atoms with Crippen molar-refractivity contribution < 1.29 is 9.84 Å². The Hall–Kier alpha value is -1.91. The molecule has 1 aliphatic carbocycles. The second-order valence-corrected chi connectivity index (χ2v) is 8.33. The number of fused-ring (bicyclic) bond motifs is 2. The molecule has 1 saturated heterocycles. The maximum atomic E-state index is 11.7. The number of aromatic nitrogens is 1. The van der Waals surface area contributed by atoms with Gasteiger partial charge in [0.15, 0.2) is 0 Å². The fourth-order valence-corrected chi connectivity index (χ4v) is 5.22.